The summed E-state index contributed by atoms with van der Waals surface area (Å²) in [6.07, 6.45) is 4.33. The highest BCUT2D eigenvalue weighted by Gasteiger charge is 2.15. The smallest absolute Gasteiger partial charge is 0.0839 e. The molecule has 0 spiro atoms. The van der Waals surface area contributed by atoms with E-state index in [0.717, 1.165) is 18.7 Å². The number of aromatic nitrogens is 2. The lowest BCUT2D eigenvalue weighted by Gasteiger charge is -2.16. The Labute approximate surface area is 115 Å². The lowest BCUT2D eigenvalue weighted by atomic mass is 10.0. The van der Waals surface area contributed by atoms with Gasteiger partial charge in [0.2, 0.25) is 0 Å². The fourth-order valence-corrected chi connectivity index (χ4v) is 2.35. The van der Waals surface area contributed by atoms with Crippen molar-refractivity contribution in [1.29, 1.82) is 0 Å². The van der Waals surface area contributed by atoms with E-state index in [1.54, 1.807) is 0 Å². The van der Waals surface area contributed by atoms with Gasteiger partial charge in [-0.3, -0.25) is 4.68 Å². The molecule has 0 saturated carbocycles. The van der Waals surface area contributed by atoms with Gasteiger partial charge in [-0.05, 0) is 30.2 Å². The van der Waals surface area contributed by atoms with Crippen LogP contribution in [0.1, 0.15) is 43.1 Å². The molecule has 0 bridgehead atoms. The summed E-state index contributed by atoms with van der Waals surface area (Å²) >= 11 is 0. The van der Waals surface area contributed by atoms with Gasteiger partial charge in [-0.15, -0.1) is 0 Å². The van der Waals surface area contributed by atoms with Crippen LogP contribution in [0.2, 0.25) is 0 Å². The molecule has 1 aromatic heterocycles. The number of rotatable bonds is 6. The second-order valence-electron chi connectivity index (χ2n) is 4.90. The van der Waals surface area contributed by atoms with Crippen LogP contribution in [0.15, 0.2) is 36.5 Å². The first-order valence-electron chi connectivity index (χ1n) is 7.06. The molecule has 1 atom stereocenters. The maximum absolute atomic E-state index is 4.52. The Morgan fingerprint density at radius 2 is 1.89 bits per heavy atom. The molecule has 19 heavy (non-hydrogen) atoms. The van der Waals surface area contributed by atoms with E-state index in [1.165, 1.54) is 17.5 Å². The SMILES string of the molecule is CCCc1ccc(C(NCC)c2ccn(C)n2)cc1. The number of nitrogens with one attached hydrogen (secondary N) is 1. The Morgan fingerprint density at radius 1 is 1.16 bits per heavy atom. The lowest BCUT2D eigenvalue weighted by molar-refractivity contribution is 0.599. The predicted molar refractivity (Wildman–Crippen MR) is 79.2 cm³/mol. The molecule has 0 saturated heterocycles. The summed E-state index contributed by atoms with van der Waals surface area (Å²) < 4.78 is 1.85. The molecule has 0 aliphatic carbocycles. The average Bonchev–Trinajstić information content (AvgIpc) is 2.84. The summed E-state index contributed by atoms with van der Waals surface area (Å²) in [6.45, 7) is 5.27. The monoisotopic (exact) mass is 257 g/mol. The molecule has 0 radical (unpaired) electrons. The van der Waals surface area contributed by atoms with E-state index in [-0.39, 0.29) is 6.04 Å². The van der Waals surface area contributed by atoms with Crippen LogP contribution in [0, 0.1) is 0 Å². The highest BCUT2D eigenvalue weighted by Crippen LogP contribution is 2.21. The highest BCUT2D eigenvalue weighted by molar-refractivity contribution is 5.30. The van der Waals surface area contributed by atoms with Gasteiger partial charge >= 0.3 is 0 Å². The van der Waals surface area contributed by atoms with E-state index in [2.05, 4.69) is 54.6 Å². The van der Waals surface area contributed by atoms with Crippen molar-refractivity contribution in [2.75, 3.05) is 6.54 Å². The van der Waals surface area contributed by atoms with Gasteiger partial charge in [0, 0.05) is 13.2 Å². The molecule has 1 heterocycles. The largest absolute Gasteiger partial charge is 0.305 e. The minimum Gasteiger partial charge on any atom is -0.305 e. The van der Waals surface area contributed by atoms with E-state index < -0.39 is 0 Å². The molecule has 1 aromatic carbocycles. The molecule has 3 nitrogen and oxygen atoms in total. The Kier molecular flexibility index (Phi) is 4.74. The Bertz CT molecular complexity index is 499. The molecule has 1 unspecified atom stereocenters. The molecule has 0 aliphatic rings. The second kappa shape index (κ2) is 6.53. The first-order chi connectivity index (χ1) is 9.24. The molecule has 0 fully saturated rings. The normalized spacial score (nSPS) is 12.6. The lowest BCUT2D eigenvalue weighted by Crippen LogP contribution is -2.22. The van der Waals surface area contributed by atoms with Gasteiger partial charge < -0.3 is 5.32 Å². The predicted octanol–water partition coefficient (Wildman–Crippen LogP) is 3.07. The van der Waals surface area contributed by atoms with Gasteiger partial charge in [-0.2, -0.15) is 5.10 Å². The van der Waals surface area contributed by atoms with Gasteiger partial charge in [-0.1, -0.05) is 44.5 Å². The zero-order chi connectivity index (χ0) is 13.7. The molecular formula is C16H23N3. The van der Waals surface area contributed by atoms with Crippen molar-refractivity contribution < 1.29 is 0 Å². The van der Waals surface area contributed by atoms with Gasteiger partial charge in [0.05, 0.1) is 11.7 Å². The third kappa shape index (κ3) is 3.44. The first kappa shape index (κ1) is 13.8. The van der Waals surface area contributed by atoms with Crippen LogP contribution in [0.5, 0.6) is 0 Å². The fourth-order valence-electron chi connectivity index (χ4n) is 2.35. The Balaban J connectivity index is 2.23. The quantitative estimate of drug-likeness (QED) is 0.862. The Morgan fingerprint density at radius 3 is 2.42 bits per heavy atom. The van der Waals surface area contributed by atoms with Crippen LogP contribution in [0.25, 0.3) is 0 Å². The van der Waals surface area contributed by atoms with Crippen LogP contribution in [-0.4, -0.2) is 16.3 Å². The summed E-state index contributed by atoms with van der Waals surface area (Å²) in [4.78, 5) is 0. The third-order valence-electron chi connectivity index (χ3n) is 3.29. The first-order valence-corrected chi connectivity index (χ1v) is 7.06. The summed E-state index contributed by atoms with van der Waals surface area (Å²) in [5.74, 6) is 0. The van der Waals surface area contributed by atoms with Crippen molar-refractivity contribution in [2.45, 2.75) is 32.7 Å². The molecule has 102 valence electrons. The maximum Gasteiger partial charge on any atom is 0.0839 e. The van der Waals surface area contributed by atoms with Crippen molar-refractivity contribution in [2.24, 2.45) is 7.05 Å². The van der Waals surface area contributed by atoms with E-state index >= 15 is 0 Å². The van der Waals surface area contributed by atoms with Gasteiger partial charge in [-0.25, -0.2) is 0 Å². The van der Waals surface area contributed by atoms with Crippen LogP contribution in [0.3, 0.4) is 0 Å². The number of hydrogen-bond donors (Lipinski definition) is 1. The van der Waals surface area contributed by atoms with E-state index in [0.29, 0.717) is 0 Å². The number of benzene rings is 1. The number of aryl methyl sites for hydroxylation is 2. The van der Waals surface area contributed by atoms with Crippen LogP contribution in [-0.2, 0) is 13.5 Å². The molecule has 2 aromatic rings. The van der Waals surface area contributed by atoms with Crippen molar-refractivity contribution >= 4 is 0 Å². The van der Waals surface area contributed by atoms with E-state index in [9.17, 15) is 0 Å². The minimum absolute atomic E-state index is 0.182. The molecule has 0 amide bonds. The topological polar surface area (TPSA) is 29.9 Å². The maximum atomic E-state index is 4.52. The standard InChI is InChI=1S/C16H23N3/c1-4-6-13-7-9-14(10-8-13)16(17-5-2)15-11-12-19(3)18-15/h7-12,16-17H,4-6H2,1-3H3. The van der Waals surface area contributed by atoms with Crippen LogP contribution in [0.4, 0.5) is 0 Å². The zero-order valence-electron chi connectivity index (χ0n) is 12.1. The minimum atomic E-state index is 0.182. The zero-order valence-corrected chi connectivity index (χ0v) is 12.1. The summed E-state index contributed by atoms with van der Waals surface area (Å²) in [7, 11) is 1.96. The summed E-state index contributed by atoms with van der Waals surface area (Å²) in [5.41, 5.74) is 3.76. The van der Waals surface area contributed by atoms with Gasteiger partial charge in [0.15, 0.2) is 0 Å². The van der Waals surface area contributed by atoms with Gasteiger partial charge in [0.25, 0.3) is 0 Å². The average molecular weight is 257 g/mol. The van der Waals surface area contributed by atoms with Crippen molar-refractivity contribution in [3.8, 4) is 0 Å². The van der Waals surface area contributed by atoms with Crippen molar-refractivity contribution in [3.63, 3.8) is 0 Å². The van der Waals surface area contributed by atoms with E-state index in [1.807, 2.05) is 17.9 Å². The number of nitrogens with zero attached hydrogens (tertiary/aromatic N) is 2. The van der Waals surface area contributed by atoms with Crippen molar-refractivity contribution in [1.82, 2.24) is 15.1 Å². The van der Waals surface area contributed by atoms with E-state index in [4.69, 9.17) is 0 Å². The van der Waals surface area contributed by atoms with Crippen molar-refractivity contribution in [3.05, 3.63) is 53.3 Å². The third-order valence-corrected chi connectivity index (χ3v) is 3.29. The molecule has 3 heteroatoms. The second-order valence-corrected chi connectivity index (χ2v) is 4.90. The summed E-state index contributed by atoms with van der Waals surface area (Å²) in [6, 6.07) is 11.1. The van der Waals surface area contributed by atoms with Crippen LogP contribution < -0.4 is 5.32 Å². The van der Waals surface area contributed by atoms with Gasteiger partial charge in [0.1, 0.15) is 0 Å². The Hall–Kier alpha value is -1.61. The van der Waals surface area contributed by atoms with Crippen LogP contribution >= 0.6 is 0 Å². The fraction of sp³-hybridized carbons (Fsp3) is 0.438. The molecule has 1 N–H and O–H groups in total. The molecule has 0 aliphatic heterocycles. The molecule has 2 rings (SSSR count). The summed E-state index contributed by atoms with van der Waals surface area (Å²) in [5, 5.41) is 8.02. The highest BCUT2D eigenvalue weighted by atomic mass is 15.3. The molecular weight excluding hydrogens is 234 g/mol. The number of hydrogen-bond acceptors (Lipinski definition) is 2.